The Kier molecular flexibility index (Phi) is 4.15. The lowest BCUT2D eigenvalue weighted by Gasteiger charge is -2.21. The van der Waals surface area contributed by atoms with Crippen LogP contribution in [0.2, 0.25) is 0 Å². The molecule has 0 aromatic heterocycles. The normalized spacial score (nSPS) is 15.0. The molecule has 1 unspecified atom stereocenters. The Morgan fingerprint density at radius 2 is 2.05 bits per heavy atom. The van der Waals surface area contributed by atoms with Crippen molar-refractivity contribution in [3.8, 4) is 0 Å². The van der Waals surface area contributed by atoms with E-state index in [0.29, 0.717) is 5.75 Å². The number of thioether (sulfide) groups is 1. The van der Waals surface area contributed by atoms with Gasteiger partial charge in [0.25, 0.3) is 0 Å². The first-order chi connectivity index (χ1) is 10.3. The highest BCUT2D eigenvalue weighted by Crippen LogP contribution is 2.34. The van der Waals surface area contributed by atoms with Crippen molar-refractivity contribution < 1.29 is 4.79 Å². The maximum atomic E-state index is 11.5. The number of rotatable bonds is 4. The van der Waals surface area contributed by atoms with E-state index < -0.39 is 0 Å². The van der Waals surface area contributed by atoms with E-state index in [1.165, 1.54) is 5.56 Å². The number of carbonyl (C=O) groups is 1. The van der Waals surface area contributed by atoms with Gasteiger partial charge in [-0.2, -0.15) is 0 Å². The van der Waals surface area contributed by atoms with Crippen LogP contribution in [0.5, 0.6) is 0 Å². The van der Waals surface area contributed by atoms with Crippen LogP contribution in [0.1, 0.15) is 24.9 Å². The summed E-state index contributed by atoms with van der Waals surface area (Å²) in [6, 6.07) is 16.9. The van der Waals surface area contributed by atoms with Crippen LogP contribution in [0.15, 0.2) is 53.4 Å². The second-order valence-electron chi connectivity index (χ2n) is 5.06. The van der Waals surface area contributed by atoms with E-state index in [4.69, 9.17) is 0 Å². The number of nitrogens with one attached hydrogen (secondary N) is 2. The van der Waals surface area contributed by atoms with Gasteiger partial charge in [0.05, 0.1) is 17.5 Å². The van der Waals surface area contributed by atoms with Crippen molar-refractivity contribution in [2.24, 2.45) is 0 Å². The SMILES string of the molecule is CCC(Nc1ccc2c(c1)NC(=O)CS2)c1ccccc1. The molecule has 1 atom stereocenters. The zero-order valence-corrected chi connectivity index (χ0v) is 12.7. The average molecular weight is 298 g/mol. The van der Waals surface area contributed by atoms with Crippen molar-refractivity contribution in [1.29, 1.82) is 0 Å². The topological polar surface area (TPSA) is 41.1 Å². The molecule has 3 nitrogen and oxygen atoms in total. The monoisotopic (exact) mass is 298 g/mol. The largest absolute Gasteiger partial charge is 0.378 e. The van der Waals surface area contributed by atoms with E-state index in [0.717, 1.165) is 22.7 Å². The second-order valence-corrected chi connectivity index (χ2v) is 6.08. The fourth-order valence-electron chi connectivity index (χ4n) is 2.48. The van der Waals surface area contributed by atoms with Gasteiger partial charge >= 0.3 is 0 Å². The summed E-state index contributed by atoms with van der Waals surface area (Å²) in [4.78, 5) is 12.6. The van der Waals surface area contributed by atoms with Crippen molar-refractivity contribution in [2.75, 3.05) is 16.4 Å². The smallest absolute Gasteiger partial charge is 0.234 e. The number of carbonyl (C=O) groups excluding carboxylic acids is 1. The lowest BCUT2D eigenvalue weighted by Crippen LogP contribution is -2.19. The summed E-state index contributed by atoms with van der Waals surface area (Å²) in [7, 11) is 0. The summed E-state index contributed by atoms with van der Waals surface area (Å²) in [5, 5.41) is 6.48. The van der Waals surface area contributed by atoms with E-state index in [2.05, 4.69) is 54.0 Å². The first kappa shape index (κ1) is 14.0. The molecule has 0 spiro atoms. The standard InChI is InChI=1S/C17H18N2OS/c1-2-14(12-6-4-3-5-7-12)18-13-8-9-16-15(10-13)19-17(20)11-21-16/h3-10,14,18H,2,11H2,1H3,(H,19,20). The molecule has 2 N–H and O–H groups in total. The van der Waals surface area contributed by atoms with Gasteiger partial charge in [-0.1, -0.05) is 37.3 Å². The third-order valence-electron chi connectivity index (χ3n) is 3.56. The van der Waals surface area contributed by atoms with Gasteiger partial charge in [-0.25, -0.2) is 0 Å². The van der Waals surface area contributed by atoms with Gasteiger partial charge in [-0.15, -0.1) is 11.8 Å². The molecule has 0 fully saturated rings. The van der Waals surface area contributed by atoms with Gasteiger partial charge in [0.15, 0.2) is 0 Å². The Morgan fingerprint density at radius 1 is 1.24 bits per heavy atom. The highest BCUT2D eigenvalue weighted by atomic mass is 32.2. The van der Waals surface area contributed by atoms with Crippen LogP contribution >= 0.6 is 11.8 Å². The van der Waals surface area contributed by atoms with Crippen LogP contribution in [0.25, 0.3) is 0 Å². The van der Waals surface area contributed by atoms with Crippen LogP contribution in [-0.2, 0) is 4.79 Å². The number of hydrogen-bond donors (Lipinski definition) is 2. The quantitative estimate of drug-likeness (QED) is 0.884. The molecule has 0 aliphatic carbocycles. The van der Waals surface area contributed by atoms with E-state index in [1.807, 2.05) is 12.1 Å². The van der Waals surface area contributed by atoms with Crippen LogP contribution in [0.3, 0.4) is 0 Å². The molecule has 2 aromatic rings. The van der Waals surface area contributed by atoms with Crippen molar-refractivity contribution in [3.05, 3.63) is 54.1 Å². The summed E-state index contributed by atoms with van der Waals surface area (Å²) >= 11 is 1.59. The third kappa shape index (κ3) is 3.22. The molecule has 1 heterocycles. The summed E-state index contributed by atoms with van der Waals surface area (Å²) < 4.78 is 0. The average Bonchev–Trinajstić information content (AvgIpc) is 2.53. The first-order valence-corrected chi connectivity index (χ1v) is 8.13. The highest BCUT2D eigenvalue weighted by Gasteiger charge is 2.16. The summed E-state index contributed by atoms with van der Waals surface area (Å²) in [6.07, 6.45) is 1.00. The minimum Gasteiger partial charge on any atom is -0.378 e. The Bertz CT molecular complexity index is 642. The van der Waals surface area contributed by atoms with Crippen LogP contribution in [0, 0.1) is 0 Å². The first-order valence-electron chi connectivity index (χ1n) is 7.14. The predicted octanol–water partition coefficient (Wildman–Crippen LogP) is 4.29. The van der Waals surface area contributed by atoms with Crippen molar-refractivity contribution >= 4 is 29.0 Å². The Balaban J connectivity index is 1.81. The van der Waals surface area contributed by atoms with Gasteiger partial charge < -0.3 is 10.6 Å². The van der Waals surface area contributed by atoms with Crippen molar-refractivity contribution in [2.45, 2.75) is 24.3 Å². The third-order valence-corrected chi connectivity index (χ3v) is 4.64. The molecule has 21 heavy (non-hydrogen) atoms. The molecule has 0 saturated heterocycles. The minimum absolute atomic E-state index is 0.0692. The van der Waals surface area contributed by atoms with Gasteiger partial charge in [0.2, 0.25) is 5.91 Å². The van der Waals surface area contributed by atoms with Crippen molar-refractivity contribution in [3.63, 3.8) is 0 Å². The van der Waals surface area contributed by atoms with Crippen molar-refractivity contribution in [1.82, 2.24) is 0 Å². The molecule has 1 aliphatic rings. The second kappa shape index (κ2) is 6.22. The summed E-state index contributed by atoms with van der Waals surface area (Å²) in [6.45, 7) is 2.17. The number of hydrogen-bond acceptors (Lipinski definition) is 3. The zero-order valence-electron chi connectivity index (χ0n) is 11.9. The molecule has 2 aromatic carbocycles. The van der Waals surface area contributed by atoms with Gasteiger partial charge in [-0.3, -0.25) is 4.79 Å². The predicted molar refractivity (Wildman–Crippen MR) is 88.9 cm³/mol. The number of fused-ring (bicyclic) bond motifs is 1. The van der Waals surface area contributed by atoms with E-state index in [-0.39, 0.29) is 11.9 Å². The Labute approximate surface area is 129 Å². The maximum absolute atomic E-state index is 11.5. The zero-order chi connectivity index (χ0) is 14.7. The van der Waals surface area contributed by atoms with E-state index in [1.54, 1.807) is 11.8 Å². The summed E-state index contributed by atoms with van der Waals surface area (Å²) in [5.41, 5.74) is 3.22. The van der Waals surface area contributed by atoms with Crippen LogP contribution in [0.4, 0.5) is 11.4 Å². The molecule has 0 bridgehead atoms. The maximum Gasteiger partial charge on any atom is 0.234 e. The van der Waals surface area contributed by atoms with Crippen LogP contribution in [-0.4, -0.2) is 11.7 Å². The molecular weight excluding hydrogens is 280 g/mol. The number of benzene rings is 2. The molecule has 0 radical (unpaired) electrons. The highest BCUT2D eigenvalue weighted by molar-refractivity contribution is 8.00. The lowest BCUT2D eigenvalue weighted by molar-refractivity contribution is -0.113. The van der Waals surface area contributed by atoms with E-state index >= 15 is 0 Å². The van der Waals surface area contributed by atoms with E-state index in [9.17, 15) is 4.79 Å². The Morgan fingerprint density at radius 3 is 2.81 bits per heavy atom. The molecule has 108 valence electrons. The summed E-state index contributed by atoms with van der Waals surface area (Å²) in [5.74, 6) is 0.571. The minimum atomic E-state index is 0.0692. The fraction of sp³-hybridized carbons (Fsp3) is 0.235. The Hall–Kier alpha value is -1.94. The van der Waals surface area contributed by atoms with Gasteiger partial charge in [0.1, 0.15) is 0 Å². The fourth-order valence-corrected chi connectivity index (χ4v) is 3.27. The molecular formula is C17H18N2OS. The van der Waals surface area contributed by atoms with Crippen LogP contribution < -0.4 is 10.6 Å². The number of amides is 1. The molecule has 1 aliphatic heterocycles. The molecule has 1 amide bonds. The van der Waals surface area contributed by atoms with Gasteiger partial charge in [0, 0.05) is 10.6 Å². The number of anilines is 2. The lowest BCUT2D eigenvalue weighted by atomic mass is 10.0. The van der Waals surface area contributed by atoms with Gasteiger partial charge in [-0.05, 0) is 30.2 Å². The molecule has 0 saturated carbocycles. The molecule has 4 heteroatoms. The molecule has 3 rings (SSSR count).